The molecule has 2 aromatic carbocycles. The van der Waals surface area contributed by atoms with Crippen LogP contribution >= 0.6 is 0 Å². The molecule has 0 fully saturated rings. The van der Waals surface area contributed by atoms with Crippen molar-refractivity contribution in [1.29, 1.82) is 0 Å². The Morgan fingerprint density at radius 2 is 1.03 bits per heavy atom. The molecule has 5 nitrogen and oxygen atoms in total. The normalized spacial score (nSPS) is 11.4. The average Bonchev–Trinajstić information content (AvgIpc) is 2.72. The molecule has 0 radical (unpaired) electrons. The molecule has 0 unspecified atom stereocenters. The molecule has 154 valence electrons. The van der Waals surface area contributed by atoms with Crippen LogP contribution < -0.4 is 9.47 Å². The number of aliphatic imine (C=N–C) groups is 2. The predicted molar refractivity (Wildman–Crippen MR) is 124 cm³/mol. The van der Waals surface area contributed by atoms with Crippen molar-refractivity contribution in [3.05, 3.63) is 76.1 Å². The van der Waals surface area contributed by atoms with Crippen LogP contribution in [0, 0.1) is 27.7 Å². The van der Waals surface area contributed by atoms with Crippen molar-refractivity contribution in [2.24, 2.45) is 9.98 Å². The molecule has 1 aromatic heterocycles. The highest BCUT2D eigenvalue weighted by atomic mass is 16.5. The molecular weight excluding hydrogens is 374 g/mol. The Bertz CT molecular complexity index is 986. The minimum Gasteiger partial charge on any atom is -0.497 e. The van der Waals surface area contributed by atoms with Gasteiger partial charge >= 0.3 is 0 Å². The zero-order valence-corrected chi connectivity index (χ0v) is 18.4. The lowest BCUT2D eigenvalue weighted by Crippen LogP contribution is -1.94. The van der Waals surface area contributed by atoms with E-state index in [1.54, 1.807) is 26.6 Å². The summed E-state index contributed by atoms with van der Waals surface area (Å²) in [6.07, 6.45) is 3.56. The van der Waals surface area contributed by atoms with Gasteiger partial charge in [0.1, 0.15) is 11.5 Å². The highest BCUT2D eigenvalue weighted by Crippen LogP contribution is 2.29. The standard InChI is InChI=1S/C25H27N3O2/c1-16-10-22(29-5)11-17(2)24(16)26-14-20-8-7-9-21(28-20)15-27-25-18(3)12-23(30-6)13-19(25)4/h7-15H,1-6H3. The Morgan fingerprint density at radius 1 is 0.667 bits per heavy atom. The summed E-state index contributed by atoms with van der Waals surface area (Å²) in [6.45, 7) is 8.10. The van der Waals surface area contributed by atoms with Crippen molar-refractivity contribution >= 4 is 23.8 Å². The third-order valence-electron chi connectivity index (χ3n) is 4.84. The van der Waals surface area contributed by atoms with Gasteiger partial charge in [-0.15, -0.1) is 0 Å². The van der Waals surface area contributed by atoms with Gasteiger partial charge in [0, 0.05) is 0 Å². The lowest BCUT2D eigenvalue weighted by atomic mass is 10.1. The molecular formula is C25H27N3O2. The van der Waals surface area contributed by atoms with Crippen LogP contribution in [0.1, 0.15) is 33.6 Å². The highest BCUT2D eigenvalue weighted by Gasteiger charge is 2.05. The lowest BCUT2D eigenvalue weighted by molar-refractivity contribution is 0.414. The first-order valence-corrected chi connectivity index (χ1v) is 9.77. The molecule has 0 spiro atoms. The van der Waals surface area contributed by atoms with Crippen molar-refractivity contribution in [3.8, 4) is 11.5 Å². The minimum atomic E-state index is 0.775. The van der Waals surface area contributed by atoms with E-state index in [2.05, 4.69) is 15.0 Å². The number of methoxy groups -OCH3 is 2. The van der Waals surface area contributed by atoms with Gasteiger partial charge in [0.2, 0.25) is 0 Å². The maximum atomic E-state index is 5.32. The van der Waals surface area contributed by atoms with Gasteiger partial charge in [0.15, 0.2) is 0 Å². The number of pyridine rings is 1. The molecule has 3 rings (SSSR count). The molecule has 5 heteroatoms. The maximum absolute atomic E-state index is 5.32. The summed E-state index contributed by atoms with van der Waals surface area (Å²) >= 11 is 0. The van der Waals surface area contributed by atoms with E-state index in [4.69, 9.17) is 9.47 Å². The van der Waals surface area contributed by atoms with Crippen LogP contribution in [-0.4, -0.2) is 31.6 Å². The molecule has 0 aliphatic rings. The van der Waals surface area contributed by atoms with E-state index < -0.39 is 0 Å². The number of nitrogens with zero attached hydrogens (tertiary/aromatic N) is 3. The Hall–Kier alpha value is -3.47. The second-order valence-electron chi connectivity index (χ2n) is 7.22. The number of hydrogen-bond acceptors (Lipinski definition) is 5. The second-order valence-corrected chi connectivity index (χ2v) is 7.22. The van der Waals surface area contributed by atoms with Crippen LogP contribution in [0.15, 0.2) is 52.4 Å². The summed E-state index contributed by atoms with van der Waals surface area (Å²) in [5.41, 5.74) is 7.66. The maximum Gasteiger partial charge on any atom is 0.119 e. The Balaban J connectivity index is 1.84. The van der Waals surface area contributed by atoms with E-state index in [1.807, 2.05) is 70.2 Å². The summed E-state index contributed by atoms with van der Waals surface area (Å²) in [5.74, 6) is 1.67. The van der Waals surface area contributed by atoms with Crippen molar-refractivity contribution in [2.75, 3.05) is 14.2 Å². The van der Waals surface area contributed by atoms with E-state index in [0.717, 1.165) is 56.5 Å². The first-order valence-electron chi connectivity index (χ1n) is 9.77. The van der Waals surface area contributed by atoms with Crippen molar-refractivity contribution in [2.45, 2.75) is 27.7 Å². The van der Waals surface area contributed by atoms with E-state index in [-0.39, 0.29) is 0 Å². The number of rotatable bonds is 6. The largest absolute Gasteiger partial charge is 0.497 e. The Morgan fingerprint density at radius 3 is 1.37 bits per heavy atom. The molecule has 1 heterocycles. The summed E-state index contributed by atoms with van der Waals surface area (Å²) in [4.78, 5) is 14.0. The molecule has 0 bridgehead atoms. The number of ether oxygens (including phenoxy) is 2. The molecule has 3 aromatic rings. The number of benzene rings is 2. The summed E-state index contributed by atoms with van der Waals surface area (Å²) in [6, 6.07) is 13.7. The first kappa shape index (κ1) is 21.2. The van der Waals surface area contributed by atoms with Crippen LogP contribution in [-0.2, 0) is 0 Å². The smallest absolute Gasteiger partial charge is 0.119 e. The fraction of sp³-hybridized carbons (Fsp3) is 0.240. The van der Waals surface area contributed by atoms with Gasteiger partial charge in [-0.05, 0) is 86.3 Å². The molecule has 0 N–H and O–H groups in total. The van der Waals surface area contributed by atoms with E-state index >= 15 is 0 Å². The fourth-order valence-corrected chi connectivity index (χ4v) is 3.35. The van der Waals surface area contributed by atoms with Crippen molar-refractivity contribution in [3.63, 3.8) is 0 Å². The van der Waals surface area contributed by atoms with E-state index in [9.17, 15) is 0 Å². The van der Waals surface area contributed by atoms with Crippen molar-refractivity contribution in [1.82, 2.24) is 4.98 Å². The predicted octanol–water partition coefficient (Wildman–Crippen LogP) is 5.83. The molecule has 30 heavy (non-hydrogen) atoms. The third-order valence-corrected chi connectivity index (χ3v) is 4.84. The number of hydrogen-bond donors (Lipinski definition) is 0. The molecule has 0 atom stereocenters. The minimum absolute atomic E-state index is 0.775. The molecule has 0 saturated heterocycles. The Kier molecular flexibility index (Phi) is 6.62. The number of aromatic nitrogens is 1. The second kappa shape index (κ2) is 9.35. The summed E-state index contributed by atoms with van der Waals surface area (Å²) < 4.78 is 10.6. The summed E-state index contributed by atoms with van der Waals surface area (Å²) in [5, 5.41) is 0. The van der Waals surface area contributed by atoms with E-state index in [1.165, 1.54) is 0 Å². The van der Waals surface area contributed by atoms with Crippen LogP contribution in [0.25, 0.3) is 0 Å². The van der Waals surface area contributed by atoms with Gasteiger partial charge in [-0.3, -0.25) is 9.98 Å². The first-order chi connectivity index (χ1) is 14.4. The molecule has 0 aliphatic heterocycles. The van der Waals surface area contributed by atoms with Crippen LogP contribution in [0.5, 0.6) is 11.5 Å². The monoisotopic (exact) mass is 401 g/mol. The Labute approximate surface area is 178 Å². The molecule has 0 amide bonds. The highest BCUT2D eigenvalue weighted by molar-refractivity contribution is 5.85. The quantitative estimate of drug-likeness (QED) is 0.488. The fourth-order valence-electron chi connectivity index (χ4n) is 3.35. The van der Waals surface area contributed by atoms with Gasteiger partial charge in [-0.2, -0.15) is 0 Å². The van der Waals surface area contributed by atoms with Crippen LogP contribution in [0.3, 0.4) is 0 Å². The topological polar surface area (TPSA) is 56.1 Å². The van der Waals surface area contributed by atoms with Gasteiger partial charge in [0.25, 0.3) is 0 Å². The van der Waals surface area contributed by atoms with Gasteiger partial charge in [-0.25, -0.2) is 4.98 Å². The number of aryl methyl sites for hydroxylation is 4. The lowest BCUT2D eigenvalue weighted by Gasteiger charge is -2.08. The van der Waals surface area contributed by atoms with Crippen LogP contribution in [0.2, 0.25) is 0 Å². The SMILES string of the molecule is COc1cc(C)c(N=Cc2cccc(C=Nc3c(C)cc(OC)cc3C)n2)c(C)c1. The molecule has 0 saturated carbocycles. The third kappa shape index (κ3) is 4.92. The zero-order chi connectivity index (χ0) is 21.7. The van der Waals surface area contributed by atoms with Gasteiger partial charge in [0.05, 0.1) is 49.4 Å². The average molecular weight is 402 g/mol. The van der Waals surface area contributed by atoms with Gasteiger partial charge < -0.3 is 9.47 Å². The zero-order valence-electron chi connectivity index (χ0n) is 18.4. The van der Waals surface area contributed by atoms with Gasteiger partial charge in [-0.1, -0.05) is 6.07 Å². The van der Waals surface area contributed by atoms with E-state index in [0.29, 0.717) is 0 Å². The van der Waals surface area contributed by atoms with Crippen LogP contribution in [0.4, 0.5) is 11.4 Å². The van der Waals surface area contributed by atoms with Crippen molar-refractivity contribution < 1.29 is 9.47 Å². The summed E-state index contributed by atoms with van der Waals surface area (Å²) in [7, 11) is 3.34. The molecule has 0 aliphatic carbocycles.